The molecule has 100 valence electrons. The second-order valence-electron chi connectivity index (χ2n) is 3.89. The monoisotopic (exact) mass is 252 g/mol. The summed E-state index contributed by atoms with van der Waals surface area (Å²) in [6, 6.07) is 7.41. The topological polar surface area (TPSA) is 73.6 Å². The molecule has 0 aliphatic carbocycles. The molecule has 5 nitrogen and oxygen atoms in total. The van der Waals surface area contributed by atoms with Gasteiger partial charge in [-0.1, -0.05) is 24.3 Å². The van der Waals surface area contributed by atoms with E-state index in [0.29, 0.717) is 13.2 Å². The number of nitrogens with two attached hydrogens (primary N) is 1. The first-order valence-electron chi connectivity index (χ1n) is 5.80. The molecule has 0 fully saturated rings. The van der Waals surface area contributed by atoms with Gasteiger partial charge in [0.2, 0.25) is 0 Å². The lowest BCUT2D eigenvalue weighted by atomic mass is 10.1. The first-order valence-corrected chi connectivity index (χ1v) is 5.80. The average Bonchev–Trinajstić information content (AvgIpc) is 2.41. The summed E-state index contributed by atoms with van der Waals surface area (Å²) < 4.78 is 9.79. The van der Waals surface area contributed by atoms with E-state index in [4.69, 9.17) is 10.5 Å². The highest BCUT2D eigenvalue weighted by molar-refractivity contribution is 5.75. The second kappa shape index (κ2) is 7.81. The smallest absolute Gasteiger partial charge is 0.324 e. The zero-order chi connectivity index (χ0) is 13.4. The number of nitrogens with one attached hydrogen (secondary N) is 1. The SMILES string of the molecule is COCc1ccccc1CNC(CN)C(=O)OC. The summed E-state index contributed by atoms with van der Waals surface area (Å²) in [5.74, 6) is -0.346. The minimum atomic E-state index is -0.481. The lowest BCUT2D eigenvalue weighted by molar-refractivity contribution is -0.142. The number of ether oxygens (including phenoxy) is 2. The van der Waals surface area contributed by atoms with Gasteiger partial charge in [0.1, 0.15) is 6.04 Å². The molecule has 1 rings (SSSR count). The fourth-order valence-electron chi connectivity index (χ4n) is 1.66. The van der Waals surface area contributed by atoms with Gasteiger partial charge in [-0.25, -0.2) is 0 Å². The number of hydrogen-bond donors (Lipinski definition) is 2. The maximum Gasteiger partial charge on any atom is 0.324 e. The highest BCUT2D eigenvalue weighted by atomic mass is 16.5. The second-order valence-corrected chi connectivity index (χ2v) is 3.89. The van der Waals surface area contributed by atoms with Crippen LogP contribution in [-0.4, -0.2) is 32.8 Å². The molecule has 5 heteroatoms. The number of hydrogen-bond acceptors (Lipinski definition) is 5. The van der Waals surface area contributed by atoms with Crippen molar-refractivity contribution in [3.05, 3.63) is 35.4 Å². The van der Waals surface area contributed by atoms with Gasteiger partial charge in [-0.05, 0) is 11.1 Å². The van der Waals surface area contributed by atoms with Gasteiger partial charge in [-0.15, -0.1) is 0 Å². The normalized spacial score (nSPS) is 12.2. The Labute approximate surface area is 107 Å². The van der Waals surface area contributed by atoms with Gasteiger partial charge < -0.3 is 15.2 Å². The minimum absolute atomic E-state index is 0.207. The van der Waals surface area contributed by atoms with E-state index in [9.17, 15) is 4.79 Å². The summed E-state index contributed by atoms with van der Waals surface area (Å²) >= 11 is 0. The van der Waals surface area contributed by atoms with Gasteiger partial charge >= 0.3 is 5.97 Å². The minimum Gasteiger partial charge on any atom is -0.468 e. The van der Waals surface area contributed by atoms with Crippen LogP contribution in [0.15, 0.2) is 24.3 Å². The van der Waals surface area contributed by atoms with E-state index in [2.05, 4.69) is 10.1 Å². The van der Waals surface area contributed by atoms with Crippen molar-refractivity contribution in [2.45, 2.75) is 19.2 Å². The molecule has 0 aliphatic rings. The Morgan fingerprint density at radius 1 is 1.33 bits per heavy atom. The van der Waals surface area contributed by atoms with Gasteiger partial charge in [-0.2, -0.15) is 0 Å². The standard InChI is InChI=1S/C13H20N2O3/c1-17-9-11-6-4-3-5-10(11)8-15-12(7-14)13(16)18-2/h3-6,12,15H,7-9,14H2,1-2H3. The third kappa shape index (κ3) is 4.10. The first kappa shape index (κ1) is 14.6. The Bertz CT molecular complexity index is 382. The Hall–Kier alpha value is -1.43. The van der Waals surface area contributed by atoms with E-state index >= 15 is 0 Å². The number of carbonyl (C=O) groups is 1. The van der Waals surface area contributed by atoms with E-state index in [1.165, 1.54) is 7.11 Å². The highest BCUT2D eigenvalue weighted by Gasteiger charge is 2.16. The predicted octanol–water partition coefficient (Wildman–Crippen LogP) is 0.423. The summed E-state index contributed by atoms with van der Waals surface area (Å²) in [5, 5.41) is 3.08. The Kier molecular flexibility index (Phi) is 6.35. The first-order chi connectivity index (χ1) is 8.72. The summed E-state index contributed by atoms with van der Waals surface area (Å²) in [6.07, 6.45) is 0. The molecule has 1 aromatic carbocycles. The maximum absolute atomic E-state index is 11.4. The molecule has 3 N–H and O–H groups in total. The predicted molar refractivity (Wildman–Crippen MR) is 68.9 cm³/mol. The van der Waals surface area contributed by atoms with E-state index in [1.807, 2.05) is 24.3 Å². The molecule has 0 heterocycles. The molecule has 0 radical (unpaired) electrons. The lowest BCUT2D eigenvalue weighted by Gasteiger charge is -2.16. The molecule has 1 atom stereocenters. The van der Waals surface area contributed by atoms with Crippen molar-refractivity contribution in [1.82, 2.24) is 5.32 Å². The van der Waals surface area contributed by atoms with Gasteiger partial charge in [0, 0.05) is 20.2 Å². The van der Waals surface area contributed by atoms with Crippen LogP contribution in [0.25, 0.3) is 0 Å². The van der Waals surface area contributed by atoms with E-state index in [-0.39, 0.29) is 12.5 Å². The van der Waals surface area contributed by atoms with Gasteiger partial charge in [-0.3, -0.25) is 10.1 Å². The molecule has 0 saturated carbocycles. The number of methoxy groups -OCH3 is 2. The van der Waals surface area contributed by atoms with Crippen molar-refractivity contribution in [2.75, 3.05) is 20.8 Å². The number of benzene rings is 1. The summed E-state index contributed by atoms with van der Waals surface area (Å²) in [7, 11) is 3.01. The van der Waals surface area contributed by atoms with Crippen LogP contribution < -0.4 is 11.1 Å². The van der Waals surface area contributed by atoms with Crippen molar-refractivity contribution in [3.63, 3.8) is 0 Å². The van der Waals surface area contributed by atoms with Crippen LogP contribution >= 0.6 is 0 Å². The van der Waals surface area contributed by atoms with Crippen LogP contribution in [0.1, 0.15) is 11.1 Å². The molecule has 0 aromatic heterocycles. The lowest BCUT2D eigenvalue weighted by Crippen LogP contribution is -2.43. The van der Waals surface area contributed by atoms with Crippen molar-refractivity contribution in [1.29, 1.82) is 0 Å². The Morgan fingerprint density at radius 3 is 2.56 bits per heavy atom. The molecule has 0 saturated heterocycles. The highest BCUT2D eigenvalue weighted by Crippen LogP contribution is 2.09. The quantitative estimate of drug-likeness (QED) is 0.688. The van der Waals surface area contributed by atoms with Gasteiger partial charge in [0.25, 0.3) is 0 Å². The summed E-state index contributed by atoms with van der Waals surface area (Å²) in [5.41, 5.74) is 7.70. The average molecular weight is 252 g/mol. The third-order valence-corrected chi connectivity index (χ3v) is 2.68. The summed E-state index contributed by atoms with van der Waals surface area (Å²) in [6.45, 7) is 1.30. The van der Waals surface area contributed by atoms with Crippen LogP contribution in [0, 0.1) is 0 Å². The maximum atomic E-state index is 11.4. The fourth-order valence-corrected chi connectivity index (χ4v) is 1.66. The van der Waals surface area contributed by atoms with E-state index < -0.39 is 6.04 Å². The molecule has 1 aromatic rings. The Balaban J connectivity index is 2.64. The Morgan fingerprint density at radius 2 is 2.00 bits per heavy atom. The molecule has 0 bridgehead atoms. The van der Waals surface area contributed by atoms with Crippen LogP contribution in [-0.2, 0) is 27.4 Å². The van der Waals surface area contributed by atoms with Crippen molar-refractivity contribution >= 4 is 5.97 Å². The zero-order valence-corrected chi connectivity index (χ0v) is 10.8. The van der Waals surface area contributed by atoms with Crippen LogP contribution in [0.2, 0.25) is 0 Å². The molecule has 1 unspecified atom stereocenters. The molecular formula is C13H20N2O3. The fraction of sp³-hybridized carbons (Fsp3) is 0.462. The van der Waals surface area contributed by atoms with Crippen molar-refractivity contribution < 1.29 is 14.3 Å². The van der Waals surface area contributed by atoms with Crippen LogP contribution in [0.3, 0.4) is 0 Å². The van der Waals surface area contributed by atoms with Gasteiger partial charge in [0.15, 0.2) is 0 Å². The molecule has 18 heavy (non-hydrogen) atoms. The molecule has 0 aliphatic heterocycles. The van der Waals surface area contributed by atoms with Gasteiger partial charge in [0.05, 0.1) is 13.7 Å². The van der Waals surface area contributed by atoms with E-state index in [1.54, 1.807) is 7.11 Å². The largest absolute Gasteiger partial charge is 0.468 e. The van der Waals surface area contributed by atoms with Crippen LogP contribution in [0.5, 0.6) is 0 Å². The van der Waals surface area contributed by atoms with Crippen molar-refractivity contribution in [3.8, 4) is 0 Å². The van der Waals surface area contributed by atoms with Crippen LogP contribution in [0.4, 0.5) is 0 Å². The zero-order valence-electron chi connectivity index (χ0n) is 10.8. The molecular weight excluding hydrogens is 232 g/mol. The number of carbonyl (C=O) groups excluding carboxylic acids is 1. The summed E-state index contributed by atoms with van der Waals surface area (Å²) in [4.78, 5) is 11.4. The number of esters is 1. The molecule has 0 spiro atoms. The molecule has 0 amide bonds. The van der Waals surface area contributed by atoms with Crippen molar-refractivity contribution in [2.24, 2.45) is 5.73 Å². The third-order valence-electron chi connectivity index (χ3n) is 2.68. The number of rotatable bonds is 7. The van der Waals surface area contributed by atoms with E-state index in [0.717, 1.165) is 11.1 Å².